The molecule has 0 heterocycles. The number of nitro benzene ring substituents is 1. The van der Waals surface area contributed by atoms with Crippen molar-refractivity contribution in [3.63, 3.8) is 0 Å². The second kappa shape index (κ2) is 11.1. The standard InChI is InChI=1S/C29H26N2O4/c1-3-8-23-17-21(19-30-25-13-15-26(16-14-25)31(32)33)18-28(34-4-2)29(23)35-20-24-11-7-10-22-9-5-6-12-27(22)24/h3,5-7,9-19H,1,4,8,20H2,2H3. The van der Waals surface area contributed by atoms with Gasteiger partial charge in [-0.05, 0) is 59.5 Å². The molecule has 4 aromatic carbocycles. The van der Waals surface area contributed by atoms with Crippen LogP contribution in [-0.2, 0) is 13.0 Å². The van der Waals surface area contributed by atoms with Crippen molar-refractivity contribution in [2.45, 2.75) is 20.0 Å². The summed E-state index contributed by atoms with van der Waals surface area (Å²) in [6, 6.07) is 24.4. The van der Waals surface area contributed by atoms with Gasteiger partial charge in [0.05, 0.1) is 17.2 Å². The average molecular weight is 467 g/mol. The Hall–Kier alpha value is -4.45. The van der Waals surface area contributed by atoms with Gasteiger partial charge in [-0.3, -0.25) is 15.1 Å². The molecule has 0 aliphatic rings. The maximum Gasteiger partial charge on any atom is 0.269 e. The molecular weight excluding hydrogens is 440 g/mol. The lowest BCUT2D eigenvalue weighted by Gasteiger charge is -2.17. The van der Waals surface area contributed by atoms with Gasteiger partial charge in [0.2, 0.25) is 0 Å². The number of hydrogen-bond donors (Lipinski definition) is 0. The Bertz CT molecular complexity index is 1370. The number of benzene rings is 4. The summed E-state index contributed by atoms with van der Waals surface area (Å²) in [6.07, 6.45) is 4.14. The molecule has 0 N–H and O–H groups in total. The second-order valence-corrected chi connectivity index (χ2v) is 7.89. The van der Waals surface area contributed by atoms with Gasteiger partial charge < -0.3 is 9.47 Å². The van der Waals surface area contributed by atoms with Crippen LogP contribution in [0.15, 0.2) is 96.5 Å². The van der Waals surface area contributed by atoms with Gasteiger partial charge in [-0.15, -0.1) is 6.58 Å². The first-order valence-electron chi connectivity index (χ1n) is 11.4. The zero-order valence-corrected chi connectivity index (χ0v) is 19.5. The van der Waals surface area contributed by atoms with Crippen molar-refractivity contribution in [1.29, 1.82) is 0 Å². The highest BCUT2D eigenvalue weighted by molar-refractivity contribution is 5.86. The molecule has 0 radical (unpaired) electrons. The number of nitro groups is 1. The molecular formula is C29H26N2O4. The third-order valence-electron chi connectivity index (χ3n) is 5.49. The summed E-state index contributed by atoms with van der Waals surface area (Å²) in [4.78, 5) is 14.9. The third kappa shape index (κ3) is 5.73. The van der Waals surface area contributed by atoms with Gasteiger partial charge in [-0.25, -0.2) is 0 Å². The molecule has 4 aromatic rings. The molecule has 6 nitrogen and oxygen atoms in total. The predicted molar refractivity (Wildman–Crippen MR) is 140 cm³/mol. The number of nitrogens with zero attached hydrogens (tertiary/aromatic N) is 2. The van der Waals surface area contributed by atoms with E-state index in [-0.39, 0.29) is 5.69 Å². The Morgan fingerprint density at radius 2 is 1.74 bits per heavy atom. The predicted octanol–water partition coefficient (Wildman–Crippen LogP) is 7.20. The topological polar surface area (TPSA) is 74.0 Å². The molecule has 0 aromatic heterocycles. The number of hydrogen-bond acceptors (Lipinski definition) is 5. The third-order valence-corrected chi connectivity index (χ3v) is 5.49. The van der Waals surface area contributed by atoms with Crippen LogP contribution in [0.5, 0.6) is 11.5 Å². The zero-order valence-electron chi connectivity index (χ0n) is 19.5. The molecule has 0 unspecified atom stereocenters. The highest BCUT2D eigenvalue weighted by Gasteiger charge is 2.14. The van der Waals surface area contributed by atoms with Crippen LogP contribution in [0.1, 0.15) is 23.6 Å². The molecule has 35 heavy (non-hydrogen) atoms. The Labute approximate surface area is 204 Å². The molecule has 0 fully saturated rings. The summed E-state index contributed by atoms with van der Waals surface area (Å²) < 4.78 is 12.3. The summed E-state index contributed by atoms with van der Waals surface area (Å²) in [5.74, 6) is 1.32. The van der Waals surface area contributed by atoms with E-state index >= 15 is 0 Å². The highest BCUT2D eigenvalue weighted by Crippen LogP contribution is 2.35. The molecule has 0 atom stereocenters. The molecule has 0 aliphatic carbocycles. The smallest absolute Gasteiger partial charge is 0.269 e. The van der Waals surface area contributed by atoms with Crippen molar-refractivity contribution < 1.29 is 14.4 Å². The number of fused-ring (bicyclic) bond motifs is 1. The normalized spacial score (nSPS) is 11.0. The largest absolute Gasteiger partial charge is 0.490 e. The number of allylic oxidation sites excluding steroid dienone is 1. The minimum absolute atomic E-state index is 0.0311. The van der Waals surface area contributed by atoms with Crippen LogP contribution in [0.2, 0.25) is 0 Å². The molecule has 0 saturated carbocycles. The van der Waals surface area contributed by atoms with Gasteiger partial charge >= 0.3 is 0 Å². The lowest BCUT2D eigenvalue weighted by Crippen LogP contribution is -2.04. The summed E-state index contributed by atoms with van der Waals surface area (Å²) in [5.41, 5.74) is 3.52. The molecule has 6 heteroatoms. The Morgan fingerprint density at radius 3 is 2.49 bits per heavy atom. The van der Waals surface area contributed by atoms with E-state index in [1.165, 1.54) is 17.5 Å². The molecule has 0 spiro atoms. The van der Waals surface area contributed by atoms with Gasteiger partial charge in [0, 0.05) is 23.9 Å². The maximum atomic E-state index is 10.9. The van der Waals surface area contributed by atoms with E-state index in [2.05, 4.69) is 35.8 Å². The van der Waals surface area contributed by atoms with E-state index in [0.717, 1.165) is 22.1 Å². The van der Waals surface area contributed by atoms with E-state index in [1.54, 1.807) is 18.3 Å². The molecule has 176 valence electrons. The molecule has 4 rings (SSSR count). The molecule has 0 bridgehead atoms. The number of rotatable bonds is 10. The molecule has 0 saturated heterocycles. The Kier molecular flexibility index (Phi) is 7.53. The van der Waals surface area contributed by atoms with Crippen LogP contribution < -0.4 is 9.47 Å². The van der Waals surface area contributed by atoms with Crippen LogP contribution in [-0.4, -0.2) is 17.7 Å². The first-order valence-corrected chi connectivity index (χ1v) is 11.4. The SMILES string of the molecule is C=CCc1cc(C=Nc2ccc([N+](=O)[O-])cc2)cc(OCC)c1OCc1cccc2ccccc12. The van der Waals surface area contributed by atoms with Crippen molar-refractivity contribution >= 4 is 28.4 Å². The van der Waals surface area contributed by atoms with Gasteiger partial charge in [0.25, 0.3) is 5.69 Å². The number of non-ortho nitro benzene ring substituents is 1. The van der Waals surface area contributed by atoms with Gasteiger partial charge in [-0.2, -0.15) is 0 Å². The first kappa shape index (κ1) is 23.7. The van der Waals surface area contributed by atoms with Crippen molar-refractivity contribution in [3.8, 4) is 11.5 Å². The zero-order chi connectivity index (χ0) is 24.6. The second-order valence-electron chi connectivity index (χ2n) is 7.89. The fourth-order valence-corrected chi connectivity index (χ4v) is 3.87. The summed E-state index contributed by atoms with van der Waals surface area (Å²) >= 11 is 0. The van der Waals surface area contributed by atoms with Crippen molar-refractivity contribution in [2.24, 2.45) is 4.99 Å². The van der Waals surface area contributed by atoms with Crippen LogP contribution in [0.25, 0.3) is 10.8 Å². The fraction of sp³-hybridized carbons (Fsp3) is 0.138. The van der Waals surface area contributed by atoms with E-state index in [0.29, 0.717) is 36.8 Å². The van der Waals surface area contributed by atoms with Crippen LogP contribution in [0.4, 0.5) is 11.4 Å². The summed E-state index contributed by atoms with van der Waals surface area (Å²) in [7, 11) is 0. The minimum Gasteiger partial charge on any atom is -0.490 e. The average Bonchev–Trinajstić information content (AvgIpc) is 2.87. The number of aliphatic imine (C=N–C) groups is 1. The van der Waals surface area contributed by atoms with Gasteiger partial charge in [0.1, 0.15) is 6.61 Å². The lowest BCUT2D eigenvalue weighted by molar-refractivity contribution is -0.384. The van der Waals surface area contributed by atoms with Gasteiger partial charge in [0.15, 0.2) is 11.5 Å². The maximum absolute atomic E-state index is 10.9. The summed E-state index contributed by atoms with van der Waals surface area (Å²) in [5, 5.41) is 13.2. The first-order chi connectivity index (χ1) is 17.1. The summed E-state index contributed by atoms with van der Waals surface area (Å²) in [6.45, 7) is 6.71. The van der Waals surface area contributed by atoms with Crippen LogP contribution in [0, 0.1) is 10.1 Å². The van der Waals surface area contributed by atoms with E-state index in [4.69, 9.17) is 9.47 Å². The van der Waals surface area contributed by atoms with Crippen LogP contribution >= 0.6 is 0 Å². The van der Waals surface area contributed by atoms with Crippen molar-refractivity contribution in [1.82, 2.24) is 0 Å². The van der Waals surface area contributed by atoms with E-state index in [9.17, 15) is 10.1 Å². The van der Waals surface area contributed by atoms with Gasteiger partial charge in [-0.1, -0.05) is 48.5 Å². The molecule has 0 aliphatic heterocycles. The Morgan fingerprint density at radius 1 is 0.971 bits per heavy atom. The fourth-order valence-electron chi connectivity index (χ4n) is 3.87. The lowest BCUT2D eigenvalue weighted by atomic mass is 10.0. The Balaban J connectivity index is 1.63. The number of ether oxygens (including phenoxy) is 2. The van der Waals surface area contributed by atoms with E-state index in [1.807, 2.05) is 43.3 Å². The van der Waals surface area contributed by atoms with Crippen LogP contribution in [0.3, 0.4) is 0 Å². The minimum atomic E-state index is -0.430. The quantitative estimate of drug-likeness (QED) is 0.107. The van der Waals surface area contributed by atoms with Crippen molar-refractivity contribution in [3.05, 3.63) is 118 Å². The monoisotopic (exact) mass is 466 g/mol. The highest BCUT2D eigenvalue weighted by atomic mass is 16.6. The van der Waals surface area contributed by atoms with E-state index < -0.39 is 4.92 Å². The molecule has 0 amide bonds. The van der Waals surface area contributed by atoms with Crippen molar-refractivity contribution in [2.75, 3.05) is 6.61 Å².